The third kappa shape index (κ3) is 5.56. The van der Waals surface area contributed by atoms with E-state index in [4.69, 9.17) is 0 Å². The third-order valence-corrected chi connectivity index (χ3v) is 3.65. The molecule has 0 aliphatic heterocycles. The molecule has 0 unspecified atom stereocenters. The van der Waals surface area contributed by atoms with Crippen LogP contribution in [-0.4, -0.2) is 4.21 Å². The second-order valence-corrected chi connectivity index (χ2v) is 5.16. The average molecular weight is 382 g/mol. The summed E-state index contributed by atoms with van der Waals surface area (Å²) < 4.78 is 11.9. The molecule has 2 aromatic rings. The average Bonchev–Trinajstić information content (AvgIpc) is 2.31. The van der Waals surface area contributed by atoms with E-state index in [1.54, 1.807) is 0 Å². The molecule has 2 aromatic carbocycles. The van der Waals surface area contributed by atoms with Crippen LogP contribution in [0.4, 0.5) is 0 Å². The molecule has 0 fully saturated rings. The second-order valence-electron chi connectivity index (χ2n) is 3.70. The van der Waals surface area contributed by atoms with E-state index in [-0.39, 0.29) is 49.4 Å². The van der Waals surface area contributed by atoms with Crippen molar-refractivity contribution in [1.82, 2.24) is 0 Å². The van der Waals surface area contributed by atoms with Crippen molar-refractivity contribution >= 4 is 10.8 Å². The van der Waals surface area contributed by atoms with Crippen molar-refractivity contribution in [1.29, 1.82) is 0 Å². The topological polar surface area (TPSA) is 17.1 Å². The van der Waals surface area contributed by atoms with Crippen LogP contribution in [0.25, 0.3) is 0 Å². The SMILES string of the molecule is O=S(Cc1ccccc1)Cc1ccccc1.[Eu]. The van der Waals surface area contributed by atoms with Gasteiger partial charge in [0.1, 0.15) is 0 Å². The van der Waals surface area contributed by atoms with E-state index in [0.29, 0.717) is 11.5 Å². The molecule has 1 nitrogen and oxygen atoms in total. The van der Waals surface area contributed by atoms with Gasteiger partial charge in [0.25, 0.3) is 0 Å². The fourth-order valence-electron chi connectivity index (χ4n) is 1.57. The number of rotatable bonds is 4. The summed E-state index contributed by atoms with van der Waals surface area (Å²) in [5, 5.41) is 0. The molecule has 0 heterocycles. The van der Waals surface area contributed by atoms with Gasteiger partial charge in [0.15, 0.2) is 0 Å². The van der Waals surface area contributed by atoms with Crippen molar-refractivity contribution in [3.8, 4) is 0 Å². The predicted octanol–water partition coefficient (Wildman–Crippen LogP) is 3.14. The van der Waals surface area contributed by atoms with Crippen LogP contribution in [-0.2, 0) is 22.3 Å². The molecule has 89 valence electrons. The molecule has 0 amide bonds. The summed E-state index contributed by atoms with van der Waals surface area (Å²) in [6.07, 6.45) is 0. The van der Waals surface area contributed by atoms with Gasteiger partial charge in [-0.25, -0.2) is 0 Å². The van der Waals surface area contributed by atoms with Crippen LogP contribution >= 0.6 is 0 Å². The Bertz CT molecular complexity index is 413. The van der Waals surface area contributed by atoms with Crippen molar-refractivity contribution in [3.05, 3.63) is 71.8 Å². The summed E-state index contributed by atoms with van der Waals surface area (Å²) in [5.41, 5.74) is 2.27. The maximum atomic E-state index is 11.9. The molecule has 3 heteroatoms. The molecule has 0 N–H and O–H groups in total. The quantitative estimate of drug-likeness (QED) is 0.794. The first-order valence-electron chi connectivity index (χ1n) is 5.27. The summed E-state index contributed by atoms with van der Waals surface area (Å²) in [4.78, 5) is 0. The van der Waals surface area contributed by atoms with Crippen LogP contribution in [0.3, 0.4) is 0 Å². The van der Waals surface area contributed by atoms with E-state index in [2.05, 4.69) is 0 Å². The first kappa shape index (κ1) is 15.2. The summed E-state index contributed by atoms with van der Waals surface area (Å²) in [5.74, 6) is 1.27. The van der Waals surface area contributed by atoms with Crippen LogP contribution in [0.15, 0.2) is 60.7 Å². The van der Waals surface area contributed by atoms with Gasteiger partial charge in [-0.05, 0) is 11.1 Å². The van der Waals surface area contributed by atoms with Crippen LogP contribution in [0.2, 0.25) is 0 Å². The molecule has 2 rings (SSSR count). The molecule has 0 aliphatic carbocycles. The molecule has 0 bridgehead atoms. The van der Waals surface area contributed by atoms with Gasteiger partial charge in [-0.3, -0.25) is 4.21 Å². The van der Waals surface area contributed by atoms with E-state index in [1.807, 2.05) is 60.7 Å². The minimum atomic E-state index is -0.822. The minimum Gasteiger partial charge on any atom is -0.259 e. The fourth-order valence-corrected chi connectivity index (χ4v) is 2.80. The Morgan fingerprint density at radius 3 is 1.41 bits per heavy atom. The summed E-state index contributed by atoms with van der Waals surface area (Å²) in [7, 11) is -0.822. The largest absolute Gasteiger partial charge is 0.259 e. The molecule has 0 spiro atoms. The summed E-state index contributed by atoms with van der Waals surface area (Å²) in [6.45, 7) is 0. The Morgan fingerprint density at radius 2 is 1.06 bits per heavy atom. The normalized spacial score (nSPS) is 9.94. The standard InChI is InChI=1S/C14H14OS.Eu/c15-16(11-13-7-3-1-4-8-13)12-14-9-5-2-6-10-14;/h1-10H,11-12H2;. The van der Waals surface area contributed by atoms with Gasteiger partial charge in [-0.15, -0.1) is 0 Å². The summed E-state index contributed by atoms with van der Waals surface area (Å²) in [6, 6.07) is 19.9. The van der Waals surface area contributed by atoms with Gasteiger partial charge in [-0.1, -0.05) is 60.7 Å². The van der Waals surface area contributed by atoms with Gasteiger partial charge >= 0.3 is 0 Å². The van der Waals surface area contributed by atoms with Crippen molar-refractivity contribution in [2.24, 2.45) is 0 Å². The van der Waals surface area contributed by atoms with E-state index in [1.165, 1.54) is 0 Å². The van der Waals surface area contributed by atoms with Crippen LogP contribution in [0, 0.1) is 49.4 Å². The molecule has 0 aliphatic rings. The van der Waals surface area contributed by atoms with E-state index in [9.17, 15) is 4.21 Å². The smallest absolute Gasteiger partial charge is 0.0489 e. The molecule has 0 saturated heterocycles. The first-order valence-corrected chi connectivity index (χ1v) is 6.76. The molecular formula is C14H14EuOS. The zero-order chi connectivity index (χ0) is 11.2. The first-order chi connectivity index (χ1) is 7.84. The Hall–Kier alpha value is 0.174. The molecule has 0 aromatic heterocycles. The van der Waals surface area contributed by atoms with Gasteiger partial charge < -0.3 is 0 Å². The van der Waals surface area contributed by atoms with Crippen molar-refractivity contribution < 1.29 is 53.6 Å². The minimum absolute atomic E-state index is 0. The van der Waals surface area contributed by atoms with Crippen LogP contribution < -0.4 is 0 Å². The van der Waals surface area contributed by atoms with Crippen molar-refractivity contribution in [2.45, 2.75) is 11.5 Å². The number of hydrogen-bond acceptors (Lipinski definition) is 1. The third-order valence-electron chi connectivity index (χ3n) is 2.34. The van der Waals surface area contributed by atoms with Gasteiger partial charge in [0.05, 0.1) is 0 Å². The molecule has 17 heavy (non-hydrogen) atoms. The van der Waals surface area contributed by atoms with Gasteiger partial charge in [0, 0.05) is 71.7 Å². The maximum absolute atomic E-state index is 11.9. The Kier molecular flexibility index (Phi) is 7.44. The zero-order valence-corrected chi connectivity index (χ0v) is 12.6. The molecule has 1 radical (unpaired) electrons. The molecule has 0 saturated carbocycles. The number of hydrogen-bond donors (Lipinski definition) is 0. The van der Waals surface area contributed by atoms with Gasteiger partial charge in [0.2, 0.25) is 0 Å². The molecule has 0 atom stereocenters. The second kappa shape index (κ2) is 8.31. The Labute approximate surface area is 146 Å². The maximum Gasteiger partial charge on any atom is 0.0489 e. The molecular weight excluding hydrogens is 368 g/mol. The van der Waals surface area contributed by atoms with Crippen LogP contribution in [0.1, 0.15) is 11.1 Å². The Morgan fingerprint density at radius 1 is 0.706 bits per heavy atom. The zero-order valence-electron chi connectivity index (χ0n) is 9.38. The number of benzene rings is 2. The van der Waals surface area contributed by atoms with Crippen molar-refractivity contribution in [2.75, 3.05) is 0 Å². The fraction of sp³-hybridized carbons (Fsp3) is 0.143. The van der Waals surface area contributed by atoms with E-state index >= 15 is 0 Å². The predicted molar refractivity (Wildman–Crippen MR) is 68.4 cm³/mol. The van der Waals surface area contributed by atoms with Gasteiger partial charge in [-0.2, -0.15) is 0 Å². The summed E-state index contributed by atoms with van der Waals surface area (Å²) >= 11 is 0. The van der Waals surface area contributed by atoms with Crippen LogP contribution in [0.5, 0.6) is 0 Å². The Balaban J connectivity index is 0.00000144. The van der Waals surface area contributed by atoms with Crippen molar-refractivity contribution in [3.63, 3.8) is 0 Å². The van der Waals surface area contributed by atoms with E-state index < -0.39 is 10.8 Å². The monoisotopic (exact) mass is 383 g/mol. The van der Waals surface area contributed by atoms with E-state index in [0.717, 1.165) is 11.1 Å².